The maximum absolute atomic E-state index is 12.0. The number of rotatable bonds is 5. The Balaban J connectivity index is 2.13. The number of nitrogens with one attached hydrogen (secondary N) is 2. The maximum atomic E-state index is 12.0. The predicted molar refractivity (Wildman–Crippen MR) is 67.3 cm³/mol. The molecule has 2 heterocycles. The normalized spacial score (nSPS) is 11.5. The summed E-state index contributed by atoms with van der Waals surface area (Å²) in [5.41, 5.74) is 2.79. The fraction of sp³-hybridized carbons (Fsp3) is 0.200. The van der Waals surface area contributed by atoms with Crippen LogP contribution < -0.4 is 16.0 Å². The molecule has 0 unspecified atom stereocenters. The Labute approximate surface area is 110 Å². The second kappa shape index (κ2) is 5.34. The lowest BCUT2D eigenvalue weighted by atomic mass is 10.4. The third-order valence-electron chi connectivity index (χ3n) is 2.31. The molecule has 0 amide bonds. The summed E-state index contributed by atoms with van der Waals surface area (Å²) in [4.78, 5) is 3.90. The van der Waals surface area contributed by atoms with Crippen LogP contribution in [0, 0.1) is 6.92 Å². The second-order valence-electron chi connectivity index (χ2n) is 3.77. The molecule has 0 radical (unpaired) electrons. The van der Waals surface area contributed by atoms with Crippen molar-refractivity contribution in [3.8, 4) is 0 Å². The van der Waals surface area contributed by atoms with Gasteiger partial charge in [0.05, 0.1) is 17.1 Å². The van der Waals surface area contributed by atoms with Crippen LogP contribution in [0.2, 0.25) is 0 Å². The van der Waals surface area contributed by atoms with Crippen LogP contribution in [-0.4, -0.2) is 18.6 Å². The molecule has 2 aromatic heterocycles. The van der Waals surface area contributed by atoms with Crippen molar-refractivity contribution in [3.05, 3.63) is 35.9 Å². The van der Waals surface area contributed by atoms with E-state index in [4.69, 9.17) is 10.4 Å². The van der Waals surface area contributed by atoms with Crippen LogP contribution in [0.25, 0.3) is 0 Å². The van der Waals surface area contributed by atoms with E-state index in [1.54, 1.807) is 13.0 Å². The summed E-state index contributed by atoms with van der Waals surface area (Å²) in [6.07, 6.45) is 1.35. The van der Waals surface area contributed by atoms with Gasteiger partial charge >= 0.3 is 0 Å². The van der Waals surface area contributed by atoms with Gasteiger partial charge in [-0.15, -0.1) is 0 Å². The van der Waals surface area contributed by atoms with Crippen molar-refractivity contribution in [2.24, 2.45) is 5.84 Å². The summed E-state index contributed by atoms with van der Waals surface area (Å²) in [6, 6.07) is 4.36. The molecule has 9 heteroatoms. The second-order valence-corrected chi connectivity index (χ2v) is 5.54. The largest absolute Gasteiger partial charge is 0.361 e. The number of anilines is 1. The van der Waals surface area contributed by atoms with Crippen molar-refractivity contribution in [3.63, 3.8) is 0 Å². The third kappa shape index (κ3) is 3.28. The van der Waals surface area contributed by atoms with Crippen LogP contribution in [0.4, 0.5) is 5.82 Å². The first kappa shape index (κ1) is 13.5. The SMILES string of the molecule is Cc1cc(CNS(=O)(=O)c2ccnc(NN)c2)no1. The molecule has 0 fully saturated rings. The molecule has 0 atom stereocenters. The predicted octanol–water partition coefficient (Wildman–Crippen LogP) is 0.142. The standard InChI is InChI=1S/C10H13N5O3S/c1-7-4-8(15-18-7)6-13-19(16,17)9-2-3-12-10(5-9)14-11/h2-5,13H,6,11H2,1H3,(H,12,14). The summed E-state index contributed by atoms with van der Waals surface area (Å²) in [5.74, 6) is 6.06. The first-order valence-corrected chi connectivity index (χ1v) is 6.84. The molecule has 0 aliphatic carbocycles. The summed E-state index contributed by atoms with van der Waals surface area (Å²) in [7, 11) is -3.65. The van der Waals surface area contributed by atoms with E-state index in [2.05, 4.69) is 20.3 Å². The smallest absolute Gasteiger partial charge is 0.241 e. The monoisotopic (exact) mass is 283 g/mol. The number of hydrogen-bond acceptors (Lipinski definition) is 7. The molecule has 2 aromatic rings. The Bertz CT molecular complexity index is 667. The van der Waals surface area contributed by atoms with Crippen LogP contribution in [0.15, 0.2) is 33.8 Å². The lowest BCUT2D eigenvalue weighted by molar-refractivity contribution is 0.390. The average Bonchev–Trinajstić information content (AvgIpc) is 2.82. The third-order valence-corrected chi connectivity index (χ3v) is 3.71. The number of aromatic nitrogens is 2. The van der Waals surface area contributed by atoms with Crippen molar-refractivity contribution in [1.29, 1.82) is 0 Å². The van der Waals surface area contributed by atoms with E-state index in [0.29, 0.717) is 11.5 Å². The van der Waals surface area contributed by atoms with E-state index in [9.17, 15) is 8.42 Å². The molecular formula is C10H13N5O3S. The fourth-order valence-corrected chi connectivity index (χ4v) is 2.42. The van der Waals surface area contributed by atoms with Gasteiger partial charge in [-0.05, 0) is 13.0 Å². The van der Waals surface area contributed by atoms with Gasteiger partial charge in [0.25, 0.3) is 0 Å². The van der Waals surface area contributed by atoms with Crippen LogP contribution in [0.5, 0.6) is 0 Å². The summed E-state index contributed by atoms with van der Waals surface area (Å²) in [6.45, 7) is 1.78. The minimum absolute atomic E-state index is 0.0490. The molecule has 0 spiro atoms. The van der Waals surface area contributed by atoms with Gasteiger partial charge < -0.3 is 9.95 Å². The van der Waals surface area contributed by atoms with E-state index in [1.165, 1.54) is 18.3 Å². The number of pyridine rings is 1. The van der Waals surface area contributed by atoms with E-state index in [0.717, 1.165) is 0 Å². The van der Waals surface area contributed by atoms with E-state index in [1.807, 2.05) is 0 Å². The zero-order valence-electron chi connectivity index (χ0n) is 10.1. The quantitative estimate of drug-likeness (QED) is 0.527. The highest BCUT2D eigenvalue weighted by Gasteiger charge is 2.15. The molecule has 19 heavy (non-hydrogen) atoms. The van der Waals surface area contributed by atoms with Crippen molar-refractivity contribution in [1.82, 2.24) is 14.9 Å². The van der Waals surface area contributed by atoms with E-state index < -0.39 is 10.0 Å². The van der Waals surface area contributed by atoms with Crippen LogP contribution in [0.1, 0.15) is 11.5 Å². The zero-order valence-corrected chi connectivity index (χ0v) is 10.9. The van der Waals surface area contributed by atoms with Crippen LogP contribution in [0.3, 0.4) is 0 Å². The van der Waals surface area contributed by atoms with Gasteiger partial charge in [-0.3, -0.25) is 0 Å². The van der Waals surface area contributed by atoms with Gasteiger partial charge in [0.1, 0.15) is 11.6 Å². The summed E-state index contributed by atoms with van der Waals surface area (Å²) >= 11 is 0. The van der Waals surface area contributed by atoms with E-state index in [-0.39, 0.29) is 17.3 Å². The fourth-order valence-electron chi connectivity index (χ4n) is 1.41. The highest BCUT2D eigenvalue weighted by atomic mass is 32.2. The average molecular weight is 283 g/mol. The minimum Gasteiger partial charge on any atom is -0.361 e. The molecule has 0 aliphatic heterocycles. The Morgan fingerprint density at radius 2 is 2.21 bits per heavy atom. The number of hydrazine groups is 1. The molecule has 102 valence electrons. The zero-order chi connectivity index (χ0) is 13.9. The number of hydrogen-bond donors (Lipinski definition) is 3. The number of nitrogens with two attached hydrogens (primary N) is 1. The Hall–Kier alpha value is -1.97. The minimum atomic E-state index is -3.65. The molecular weight excluding hydrogens is 270 g/mol. The topological polar surface area (TPSA) is 123 Å². The van der Waals surface area contributed by atoms with Gasteiger partial charge in [0, 0.05) is 18.3 Å². The summed E-state index contributed by atoms with van der Waals surface area (Å²) in [5, 5.41) is 3.70. The maximum Gasteiger partial charge on any atom is 0.241 e. The molecule has 8 nitrogen and oxygen atoms in total. The van der Waals surface area contributed by atoms with Crippen LogP contribution >= 0.6 is 0 Å². The van der Waals surface area contributed by atoms with Crippen LogP contribution in [-0.2, 0) is 16.6 Å². The van der Waals surface area contributed by atoms with E-state index >= 15 is 0 Å². The number of sulfonamides is 1. The molecule has 0 bridgehead atoms. The molecule has 2 rings (SSSR count). The van der Waals surface area contributed by atoms with Gasteiger partial charge in [-0.1, -0.05) is 5.16 Å². The van der Waals surface area contributed by atoms with Crippen molar-refractivity contribution >= 4 is 15.8 Å². The highest BCUT2D eigenvalue weighted by molar-refractivity contribution is 7.89. The molecule has 0 saturated heterocycles. The van der Waals surface area contributed by atoms with Crippen molar-refractivity contribution in [2.75, 3.05) is 5.43 Å². The summed E-state index contributed by atoms with van der Waals surface area (Å²) < 4.78 is 31.3. The lowest BCUT2D eigenvalue weighted by Crippen LogP contribution is -2.23. The van der Waals surface area contributed by atoms with Gasteiger partial charge in [0.15, 0.2) is 0 Å². The molecule has 0 aliphatic rings. The van der Waals surface area contributed by atoms with Gasteiger partial charge in [-0.2, -0.15) is 0 Å². The Morgan fingerprint density at radius 3 is 2.84 bits per heavy atom. The number of nitrogens with zero attached hydrogens (tertiary/aromatic N) is 2. The molecule has 0 saturated carbocycles. The lowest BCUT2D eigenvalue weighted by Gasteiger charge is -2.06. The Morgan fingerprint density at radius 1 is 1.42 bits per heavy atom. The Kier molecular flexibility index (Phi) is 3.79. The van der Waals surface area contributed by atoms with Gasteiger partial charge in [0.2, 0.25) is 10.0 Å². The van der Waals surface area contributed by atoms with Crippen molar-refractivity contribution in [2.45, 2.75) is 18.4 Å². The van der Waals surface area contributed by atoms with Gasteiger partial charge in [-0.25, -0.2) is 24.0 Å². The highest BCUT2D eigenvalue weighted by Crippen LogP contribution is 2.12. The first-order valence-electron chi connectivity index (χ1n) is 5.36. The number of aryl methyl sites for hydroxylation is 1. The first-order chi connectivity index (χ1) is 9.01. The molecule has 4 N–H and O–H groups in total. The van der Waals surface area contributed by atoms with Crippen molar-refractivity contribution < 1.29 is 12.9 Å². The molecule has 0 aromatic carbocycles. The number of nitrogen functional groups attached to an aromatic ring is 1.